The predicted molar refractivity (Wildman–Crippen MR) is 80.8 cm³/mol. The van der Waals surface area contributed by atoms with Crippen LogP contribution in [0.3, 0.4) is 0 Å². The van der Waals surface area contributed by atoms with Gasteiger partial charge in [-0.25, -0.2) is 4.79 Å². The average molecular weight is 283 g/mol. The molecule has 1 unspecified atom stereocenters. The van der Waals surface area contributed by atoms with Crippen LogP contribution in [0.1, 0.15) is 40.4 Å². The van der Waals surface area contributed by atoms with Crippen LogP contribution >= 0.6 is 0 Å². The lowest BCUT2D eigenvalue weighted by Gasteiger charge is -2.27. The van der Waals surface area contributed by atoms with E-state index in [1.165, 1.54) is 11.1 Å². The highest BCUT2D eigenvalue weighted by Gasteiger charge is 2.20. The van der Waals surface area contributed by atoms with Crippen molar-refractivity contribution < 1.29 is 15.0 Å². The fourth-order valence-electron chi connectivity index (χ4n) is 2.86. The number of fused-ring (bicyclic) bond motifs is 1. The van der Waals surface area contributed by atoms with Crippen molar-refractivity contribution in [2.75, 3.05) is 5.32 Å². The molecule has 4 nitrogen and oxygen atoms in total. The van der Waals surface area contributed by atoms with Crippen LogP contribution in [0.5, 0.6) is 5.75 Å². The number of carbonyl (C=O) groups is 1. The molecule has 1 aliphatic rings. The molecule has 0 radical (unpaired) electrons. The van der Waals surface area contributed by atoms with Crippen molar-refractivity contribution in [1.82, 2.24) is 0 Å². The lowest BCUT2D eigenvalue weighted by Crippen LogP contribution is -2.17. The summed E-state index contributed by atoms with van der Waals surface area (Å²) >= 11 is 0. The number of rotatable bonds is 3. The zero-order valence-electron chi connectivity index (χ0n) is 11.5. The number of phenols is 1. The van der Waals surface area contributed by atoms with Gasteiger partial charge in [0.1, 0.15) is 5.75 Å². The molecular formula is C17H17NO3. The lowest BCUT2D eigenvalue weighted by atomic mass is 9.87. The van der Waals surface area contributed by atoms with Crippen molar-refractivity contribution in [3.8, 4) is 5.75 Å². The Labute approximate surface area is 123 Å². The van der Waals surface area contributed by atoms with Gasteiger partial charge in [0.15, 0.2) is 0 Å². The van der Waals surface area contributed by atoms with Gasteiger partial charge in [-0.3, -0.25) is 0 Å². The number of hydrogen-bond donors (Lipinski definition) is 3. The number of aromatic carboxylic acids is 1. The summed E-state index contributed by atoms with van der Waals surface area (Å²) in [5.41, 5.74) is 3.59. The monoisotopic (exact) mass is 283 g/mol. The molecule has 21 heavy (non-hydrogen) atoms. The summed E-state index contributed by atoms with van der Waals surface area (Å²) in [5.74, 6) is -0.611. The second-order valence-electron chi connectivity index (χ2n) is 5.35. The van der Waals surface area contributed by atoms with Crippen LogP contribution in [0.25, 0.3) is 0 Å². The zero-order chi connectivity index (χ0) is 14.8. The third-order valence-electron chi connectivity index (χ3n) is 3.91. The van der Waals surface area contributed by atoms with Gasteiger partial charge in [-0.15, -0.1) is 0 Å². The van der Waals surface area contributed by atoms with E-state index in [0.717, 1.165) is 24.9 Å². The number of nitrogens with one attached hydrogen (secondary N) is 1. The highest BCUT2D eigenvalue weighted by atomic mass is 16.4. The maximum atomic E-state index is 10.9. The Morgan fingerprint density at radius 1 is 1.14 bits per heavy atom. The fourth-order valence-corrected chi connectivity index (χ4v) is 2.86. The molecule has 0 amide bonds. The van der Waals surface area contributed by atoms with Crippen LogP contribution in [0.4, 0.5) is 5.69 Å². The van der Waals surface area contributed by atoms with E-state index < -0.39 is 5.97 Å². The van der Waals surface area contributed by atoms with Crippen molar-refractivity contribution in [1.29, 1.82) is 0 Å². The van der Waals surface area contributed by atoms with Crippen LogP contribution in [0, 0.1) is 0 Å². The summed E-state index contributed by atoms with van der Waals surface area (Å²) in [6, 6.07) is 12.5. The van der Waals surface area contributed by atoms with Crippen LogP contribution in [0.15, 0.2) is 42.5 Å². The SMILES string of the molecule is O=C(O)c1ccc(NC2CCCc3cc(O)ccc32)cc1. The van der Waals surface area contributed by atoms with Gasteiger partial charge in [-0.05, 0) is 66.8 Å². The predicted octanol–water partition coefficient (Wildman–Crippen LogP) is 3.58. The second kappa shape index (κ2) is 5.48. The summed E-state index contributed by atoms with van der Waals surface area (Å²) in [5, 5.41) is 21.9. The van der Waals surface area contributed by atoms with Crippen LogP contribution in [0.2, 0.25) is 0 Å². The van der Waals surface area contributed by atoms with Crippen LogP contribution in [-0.4, -0.2) is 16.2 Å². The Bertz CT molecular complexity index is 664. The largest absolute Gasteiger partial charge is 0.508 e. The minimum absolute atomic E-state index is 0.199. The minimum Gasteiger partial charge on any atom is -0.508 e. The molecular weight excluding hydrogens is 266 g/mol. The van der Waals surface area contributed by atoms with E-state index in [1.807, 2.05) is 12.1 Å². The van der Waals surface area contributed by atoms with E-state index in [9.17, 15) is 9.90 Å². The highest BCUT2D eigenvalue weighted by Crippen LogP contribution is 2.34. The first-order chi connectivity index (χ1) is 10.1. The first-order valence-electron chi connectivity index (χ1n) is 7.05. The van der Waals surface area contributed by atoms with Crippen molar-refractivity contribution in [3.63, 3.8) is 0 Å². The molecule has 0 spiro atoms. The van der Waals surface area contributed by atoms with E-state index in [1.54, 1.807) is 30.3 Å². The van der Waals surface area contributed by atoms with Crippen molar-refractivity contribution in [3.05, 3.63) is 59.2 Å². The fraction of sp³-hybridized carbons (Fsp3) is 0.235. The highest BCUT2D eigenvalue weighted by molar-refractivity contribution is 5.88. The number of anilines is 1. The number of hydrogen-bond acceptors (Lipinski definition) is 3. The Morgan fingerprint density at radius 2 is 1.90 bits per heavy atom. The molecule has 3 rings (SSSR count). The molecule has 2 aromatic rings. The molecule has 0 heterocycles. The number of aryl methyl sites for hydroxylation is 1. The number of aromatic hydroxyl groups is 1. The lowest BCUT2D eigenvalue weighted by molar-refractivity contribution is 0.0697. The minimum atomic E-state index is -0.917. The van der Waals surface area contributed by atoms with E-state index in [2.05, 4.69) is 5.32 Å². The molecule has 0 aromatic heterocycles. The first-order valence-corrected chi connectivity index (χ1v) is 7.05. The van der Waals surface area contributed by atoms with Gasteiger partial charge in [0, 0.05) is 5.69 Å². The zero-order valence-corrected chi connectivity index (χ0v) is 11.5. The number of benzene rings is 2. The first kappa shape index (κ1) is 13.5. The Hall–Kier alpha value is -2.49. The standard InChI is InChI=1S/C17H17NO3/c19-14-8-9-15-12(10-14)2-1-3-16(15)18-13-6-4-11(5-7-13)17(20)21/h4-10,16,18-19H,1-3H2,(H,20,21). The summed E-state index contributed by atoms with van der Waals surface area (Å²) in [7, 11) is 0. The van der Waals surface area contributed by atoms with Crippen LogP contribution < -0.4 is 5.32 Å². The van der Waals surface area contributed by atoms with Gasteiger partial charge in [0.05, 0.1) is 11.6 Å². The van der Waals surface area contributed by atoms with Gasteiger partial charge in [-0.1, -0.05) is 6.07 Å². The summed E-state index contributed by atoms with van der Waals surface area (Å²) in [6.45, 7) is 0. The molecule has 2 aromatic carbocycles. The van der Waals surface area contributed by atoms with E-state index >= 15 is 0 Å². The van der Waals surface area contributed by atoms with E-state index in [0.29, 0.717) is 5.75 Å². The van der Waals surface area contributed by atoms with Crippen molar-refractivity contribution in [2.24, 2.45) is 0 Å². The average Bonchev–Trinajstić information content (AvgIpc) is 2.47. The Morgan fingerprint density at radius 3 is 2.62 bits per heavy atom. The van der Waals surface area contributed by atoms with Gasteiger partial charge in [0.2, 0.25) is 0 Å². The third-order valence-corrected chi connectivity index (χ3v) is 3.91. The smallest absolute Gasteiger partial charge is 0.335 e. The maximum Gasteiger partial charge on any atom is 0.335 e. The topological polar surface area (TPSA) is 69.6 Å². The molecule has 108 valence electrons. The van der Waals surface area contributed by atoms with Crippen molar-refractivity contribution in [2.45, 2.75) is 25.3 Å². The maximum absolute atomic E-state index is 10.9. The molecule has 0 aliphatic heterocycles. The van der Waals surface area contributed by atoms with E-state index in [-0.39, 0.29) is 11.6 Å². The summed E-state index contributed by atoms with van der Waals surface area (Å²) in [6.07, 6.45) is 3.08. The normalized spacial score (nSPS) is 17.0. The van der Waals surface area contributed by atoms with Crippen LogP contribution in [-0.2, 0) is 6.42 Å². The second-order valence-corrected chi connectivity index (χ2v) is 5.35. The van der Waals surface area contributed by atoms with Gasteiger partial charge in [-0.2, -0.15) is 0 Å². The molecule has 0 saturated carbocycles. The molecule has 4 heteroatoms. The summed E-state index contributed by atoms with van der Waals surface area (Å²) in [4.78, 5) is 10.9. The molecule has 0 saturated heterocycles. The number of phenolic OH excluding ortho intramolecular Hbond substituents is 1. The van der Waals surface area contributed by atoms with Gasteiger partial charge >= 0.3 is 5.97 Å². The molecule has 0 fully saturated rings. The molecule has 1 aliphatic carbocycles. The summed E-state index contributed by atoms with van der Waals surface area (Å²) < 4.78 is 0. The van der Waals surface area contributed by atoms with Crippen molar-refractivity contribution >= 4 is 11.7 Å². The van der Waals surface area contributed by atoms with Gasteiger partial charge in [0.25, 0.3) is 0 Å². The quantitative estimate of drug-likeness (QED) is 0.805. The third kappa shape index (κ3) is 2.84. The van der Waals surface area contributed by atoms with E-state index in [4.69, 9.17) is 5.11 Å². The number of carboxylic acid groups (broad SMARTS) is 1. The number of carboxylic acids is 1. The molecule has 1 atom stereocenters. The Kier molecular flexibility index (Phi) is 3.52. The van der Waals surface area contributed by atoms with Gasteiger partial charge < -0.3 is 15.5 Å². The molecule has 0 bridgehead atoms. The molecule has 3 N–H and O–H groups in total. The Balaban J connectivity index is 1.81.